The second-order valence-electron chi connectivity index (χ2n) is 11.8. The fourth-order valence-corrected chi connectivity index (χ4v) is 5.17. The molecule has 0 saturated carbocycles. The number of rotatable bonds is 17. The third kappa shape index (κ3) is 9.92. The summed E-state index contributed by atoms with van der Waals surface area (Å²) in [6.45, 7) is 11.6. The first-order valence-electron chi connectivity index (χ1n) is 15.4. The zero-order valence-electron chi connectivity index (χ0n) is 25.7. The summed E-state index contributed by atoms with van der Waals surface area (Å²) in [6, 6.07) is 42.8. The van der Waals surface area contributed by atoms with Crippen molar-refractivity contribution in [3.63, 3.8) is 0 Å². The molecule has 4 aromatic carbocycles. The summed E-state index contributed by atoms with van der Waals surface area (Å²) in [6.07, 6.45) is 0. The molecule has 0 heterocycles. The molecule has 0 unspecified atom stereocenters. The van der Waals surface area contributed by atoms with Gasteiger partial charge in [-0.25, -0.2) is 0 Å². The van der Waals surface area contributed by atoms with Crippen LogP contribution >= 0.6 is 0 Å². The summed E-state index contributed by atoms with van der Waals surface area (Å²) in [7, 11) is 0. The van der Waals surface area contributed by atoms with Crippen LogP contribution < -0.4 is 10.6 Å². The van der Waals surface area contributed by atoms with E-state index in [0.717, 1.165) is 0 Å². The average Bonchev–Trinajstić information content (AvgIpc) is 3.02. The van der Waals surface area contributed by atoms with Gasteiger partial charge in [0.2, 0.25) is 0 Å². The van der Waals surface area contributed by atoms with Crippen LogP contribution in [0.2, 0.25) is 0 Å². The van der Waals surface area contributed by atoms with Gasteiger partial charge in [-0.1, -0.05) is 149 Å². The highest BCUT2D eigenvalue weighted by Gasteiger charge is 2.31. The minimum atomic E-state index is 0.0247. The highest BCUT2D eigenvalue weighted by molar-refractivity contribution is 5.28. The lowest BCUT2D eigenvalue weighted by Crippen LogP contribution is -2.49. The summed E-state index contributed by atoms with van der Waals surface area (Å²) in [4.78, 5) is 0. The fraction of sp³-hybridized carbons (Fsp3) is 0.368. The molecule has 0 bridgehead atoms. The van der Waals surface area contributed by atoms with Gasteiger partial charge in [-0.05, 0) is 34.1 Å². The van der Waals surface area contributed by atoms with Crippen LogP contribution in [-0.4, -0.2) is 25.3 Å². The smallest absolute Gasteiger partial charge is 0.0717 e. The molecule has 0 aliphatic carbocycles. The van der Waals surface area contributed by atoms with E-state index in [0.29, 0.717) is 38.3 Å². The minimum Gasteiger partial charge on any atom is -0.375 e. The molecule has 0 saturated heterocycles. The van der Waals surface area contributed by atoms with Crippen LogP contribution in [0.3, 0.4) is 0 Å². The maximum atomic E-state index is 6.28. The Hall–Kier alpha value is -3.28. The molecule has 0 fully saturated rings. The Morgan fingerprint density at radius 1 is 0.452 bits per heavy atom. The van der Waals surface area contributed by atoms with Crippen molar-refractivity contribution in [2.45, 2.75) is 65.1 Å². The topological polar surface area (TPSA) is 42.5 Å². The van der Waals surface area contributed by atoms with Crippen molar-refractivity contribution in [1.29, 1.82) is 0 Å². The number of ether oxygens (including phenoxy) is 2. The van der Waals surface area contributed by atoms with Gasteiger partial charge in [0.1, 0.15) is 0 Å². The molecular formula is C38H48N2O2. The third-order valence-corrected chi connectivity index (χ3v) is 7.87. The molecule has 222 valence electrons. The quantitative estimate of drug-likeness (QED) is 0.136. The molecule has 4 heteroatoms. The minimum absolute atomic E-state index is 0.0247. The molecule has 0 aromatic heterocycles. The first-order chi connectivity index (χ1) is 20.5. The zero-order chi connectivity index (χ0) is 29.6. The predicted molar refractivity (Wildman–Crippen MR) is 174 cm³/mol. The number of hydrogen-bond acceptors (Lipinski definition) is 4. The largest absolute Gasteiger partial charge is 0.375 e. The van der Waals surface area contributed by atoms with Crippen molar-refractivity contribution in [1.82, 2.24) is 10.6 Å². The van der Waals surface area contributed by atoms with E-state index in [1.54, 1.807) is 0 Å². The lowest BCUT2D eigenvalue weighted by Gasteiger charge is -2.37. The number of benzene rings is 4. The SMILES string of the molecule is CC(C)[C@@H](COCc1ccccc1)N[C@@H](c1ccccc1)[C@@H](N[C@H](COCc1ccccc1)C(C)C)c1ccccc1. The van der Waals surface area contributed by atoms with Crippen LogP contribution in [-0.2, 0) is 22.7 Å². The summed E-state index contributed by atoms with van der Waals surface area (Å²) in [5.74, 6) is 0.775. The molecule has 0 aliphatic rings. The Morgan fingerprint density at radius 2 is 0.762 bits per heavy atom. The Morgan fingerprint density at radius 3 is 1.07 bits per heavy atom. The van der Waals surface area contributed by atoms with Crippen LogP contribution in [0.4, 0.5) is 0 Å². The van der Waals surface area contributed by atoms with Crippen molar-refractivity contribution in [2.75, 3.05) is 13.2 Å². The molecular weight excluding hydrogens is 516 g/mol. The molecule has 0 amide bonds. The average molecular weight is 565 g/mol. The van der Waals surface area contributed by atoms with Crippen molar-refractivity contribution < 1.29 is 9.47 Å². The standard InChI is InChI=1S/C38H48N2O2/c1-29(2)35(27-41-25-31-17-9-5-10-18-31)39-37(33-21-13-7-14-22-33)38(34-23-15-8-16-24-34)40-36(30(3)4)28-42-26-32-19-11-6-12-20-32/h5-24,29-30,35-40H,25-28H2,1-4H3/t35-,36-,37+,38+/m1/s1. The highest BCUT2D eigenvalue weighted by atomic mass is 16.5. The van der Waals surface area contributed by atoms with Gasteiger partial charge in [-0.15, -0.1) is 0 Å². The second kappa shape index (κ2) is 17.0. The van der Waals surface area contributed by atoms with Gasteiger partial charge >= 0.3 is 0 Å². The molecule has 0 radical (unpaired) electrons. The Bertz CT molecular complexity index is 1150. The summed E-state index contributed by atoms with van der Waals surface area (Å²) >= 11 is 0. The fourth-order valence-electron chi connectivity index (χ4n) is 5.17. The first-order valence-corrected chi connectivity index (χ1v) is 15.4. The molecule has 4 nitrogen and oxygen atoms in total. The first kappa shape index (κ1) is 31.7. The monoisotopic (exact) mass is 564 g/mol. The molecule has 2 N–H and O–H groups in total. The summed E-state index contributed by atoms with van der Waals surface area (Å²) < 4.78 is 12.6. The van der Waals surface area contributed by atoms with Gasteiger partial charge in [0, 0.05) is 12.1 Å². The van der Waals surface area contributed by atoms with Crippen molar-refractivity contribution in [3.8, 4) is 0 Å². The maximum Gasteiger partial charge on any atom is 0.0717 e. The predicted octanol–water partition coefficient (Wildman–Crippen LogP) is 8.13. The van der Waals surface area contributed by atoms with Crippen molar-refractivity contribution in [2.24, 2.45) is 11.8 Å². The number of hydrogen-bond donors (Lipinski definition) is 2. The zero-order valence-corrected chi connectivity index (χ0v) is 25.7. The molecule has 42 heavy (non-hydrogen) atoms. The van der Waals surface area contributed by atoms with Gasteiger partial charge < -0.3 is 20.1 Å². The highest BCUT2D eigenvalue weighted by Crippen LogP contribution is 2.31. The Labute approximate surface area is 253 Å². The molecule has 4 aromatic rings. The van der Waals surface area contributed by atoms with Crippen LogP contribution in [0.5, 0.6) is 0 Å². The molecule has 0 aliphatic heterocycles. The lowest BCUT2D eigenvalue weighted by atomic mass is 9.89. The number of nitrogens with one attached hydrogen (secondary N) is 2. The third-order valence-electron chi connectivity index (χ3n) is 7.87. The van der Waals surface area contributed by atoms with Crippen LogP contribution in [0.25, 0.3) is 0 Å². The molecule has 4 atom stereocenters. The molecule has 4 rings (SSSR count). The summed E-state index contributed by atoms with van der Waals surface area (Å²) in [5, 5.41) is 8.11. The second-order valence-corrected chi connectivity index (χ2v) is 11.8. The van der Waals surface area contributed by atoms with E-state index in [-0.39, 0.29) is 24.2 Å². The van der Waals surface area contributed by atoms with Crippen LogP contribution in [0.15, 0.2) is 121 Å². The maximum absolute atomic E-state index is 6.28. The van der Waals surface area contributed by atoms with Crippen LogP contribution in [0.1, 0.15) is 62.0 Å². The Balaban J connectivity index is 1.56. The normalized spacial score (nSPS) is 14.5. The van der Waals surface area contributed by atoms with Gasteiger partial charge in [0.15, 0.2) is 0 Å². The van der Waals surface area contributed by atoms with Gasteiger partial charge in [0.25, 0.3) is 0 Å². The molecule has 0 spiro atoms. The van der Waals surface area contributed by atoms with Gasteiger partial charge in [0.05, 0.1) is 38.5 Å². The van der Waals surface area contributed by atoms with Crippen molar-refractivity contribution in [3.05, 3.63) is 144 Å². The lowest BCUT2D eigenvalue weighted by molar-refractivity contribution is 0.0697. The van der Waals surface area contributed by atoms with Gasteiger partial charge in [-0.3, -0.25) is 0 Å². The van der Waals surface area contributed by atoms with E-state index in [2.05, 4.69) is 148 Å². The van der Waals surface area contributed by atoms with E-state index < -0.39 is 0 Å². The van der Waals surface area contributed by atoms with E-state index in [1.165, 1.54) is 22.3 Å². The van der Waals surface area contributed by atoms with E-state index in [4.69, 9.17) is 9.47 Å². The van der Waals surface area contributed by atoms with E-state index in [1.807, 2.05) is 12.1 Å². The van der Waals surface area contributed by atoms with E-state index in [9.17, 15) is 0 Å². The van der Waals surface area contributed by atoms with E-state index >= 15 is 0 Å². The van der Waals surface area contributed by atoms with Crippen LogP contribution in [0, 0.1) is 11.8 Å². The van der Waals surface area contributed by atoms with Gasteiger partial charge in [-0.2, -0.15) is 0 Å². The van der Waals surface area contributed by atoms with Crippen molar-refractivity contribution >= 4 is 0 Å². The Kier molecular flexibility index (Phi) is 12.8. The summed E-state index contributed by atoms with van der Waals surface area (Å²) in [5.41, 5.74) is 4.89.